The van der Waals surface area contributed by atoms with Crippen molar-refractivity contribution < 1.29 is 4.92 Å². The van der Waals surface area contributed by atoms with Crippen LogP contribution in [0.5, 0.6) is 0 Å². The van der Waals surface area contributed by atoms with Crippen molar-refractivity contribution in [2.75, 3.05) is 0 Å². The van der Waals surface area contributed by atoms with E-state index in [-0.39, 0.29) is 11.2 Å². The normalized spacial score (nSPS) is 10.2. The van der Waals surface area contributed by atoms with Gasteiger partial charge in [-0.2, -0.15) is 5.10 Å². The van der Waals surface area contributed by atoms with Crippen LogP contribution in [0.1, 0.15) is 5.56 Å². The second kappa shape index (κ2) is 4.17. The van der Waals surface area contributed by atoms with Gasteiger partial charge in [-0.1, -0.05) is 12.1 Å². The number of rotatable bonds is 2. The van der Waals surface area contributed by atoms with Gasteiger partial charge in [0.05, 0.1) is 10.6 Å². The monoisotopic (exact) mass is 231 g/mol. The van der Waals surface area contributed by atoms with Gasteiger partial charge in [-0.25, -0.2) is 5.10 Å². The predicted octanol–water partition coefficient (Wildman–Crippen LogP) is 1.65. The lowest BCUT2D eigenvalue weighted by Crippen LogP contribution is -2.08. The quantitative estimate of drug-likeness (QED) is 0.628. The van der Waals surface area contributed by atoms with Crippen LogP contribution in [0.2, 0.25) is 0 Å². The zero-order valence-electron chi connectivity index (χ0n) is 9.01. The Labute approximate surface area is 96.1 Å². The van der Waals surface area contributed by atoms with Gasteiger partial charge in [-0.3, -0.25) is 14.9 Å². The standard InChI is InChI=1S/C11H9N3O3/c1-7-5-10(15)12-13-11(7)8-3-2-4-9(6-8)14(16)17/h2-6H,1H3,(H,12,15). The topological polar surface area (TPSA) is 88.9 Å². The van der Waals surface area contributed by atoms with Crippen LogP contribution in [0.25, 0.3) is 11.3 Å². The van der Waals surface area contributed by atoms with E-state index in [0.717, 1.165) is 0 Å². The Bertz CT molecular complexity index is 634. The number of nitrogens with one attached hydrogen (secondary N) is 1. The maximum Gasteiger partial charge on any atom is 0.270 e. The lowest BCUT2D eigenvalue weighted by molar-refractivity contribution is -0.384. The molecule has 6 heteroatoms. The minimum absolute atomic E-state index is 0.00472. The molecule has 0 bridgehead atoms. The molecule has 86 valence electrons. The molecule has 0 spiro atoms. The van der Waals surface area contributed by atoms with E-state index >= 15 is 0 Å². The molecule has 0 aliphatic carbocycles. The fourth-order valence-corrected chi connectivity index (χ4v) is 1.56. The van der Waals surface area contributed by atoms with Gasteiger partial charge in [0.15, 0.2) is 0 Å². The maximum atomic E-state index is 11.0. The van der Waals surface area contributed by atoms with E-state index in [2.05, 4.69) is 10.2 Å². The molecular weight excluding hydrogens is 222 g/mol. The van der Waals surface area contributed by atoms with Crippen molar-refractivity contribution in [3.8, 4) is 11.3 Å². The molecule has 0 saturated heterocycles. The number of hydrogen-bond donors (Lipinski definition) is 1. The van der Waals surface area contributed by atoms with Gasteiger partial charge in [0.2, 0.25) is 0 Å². The Morgan fingerprint density at radius 1 is 1.35 bits per heavy atom. The molecule has 0 amide bonds. The predicted molar refractivity (Wildman–Crippen MR) is 61.7 cm³/mol. The number of nitro groups is 1. The van der Waals surface area contributed by atoms with Crippen LogP contribution in [0.15, 0.2) is 35.1 Å². The molecule has 0 saturated carbocycles. The van der Waals surface area contributed by atoms with Crippen molar-refractivity contribution in [1.82, 2.24) is 10.2 Å². The van der Waals surface area contributed by atoms with Gasteiger partial charge in [-0.05, 0) is 12.5 Å². The third-order valence-corrected chi connectivity index (χ3v) is 2.33. The number of hydrogen-bond acceptors (Lipinski definition) is 4. The SMILES string of the molecule is Cc1cc(=O)[nH]nc1-c1cccc([N+](=O)[O-])c1. The van der Waals surface area contributed by atoms with Gasteiger partial charge >= 0.3 is 0 Å². The van der Waals surface area contributed by atoms with Crippen molar-refractivity contribution >= 4 is 5.69 Å². The highest BCUT2D eigenvalue weighted by molar-refractivity contribution is 5.64. The van der Waals surface area contributed by atoms with Crippen LogP contribution in [0, 0.1) is 17.0 Å². The van der Waals surface area contributed by atoms with Gasteiger partial charge in [0.25, 0.3) is 11.2 Å². The van der Waals surface area contributed by atoms with Crippen molar-refractivity contribution in [3.05, 3.63) is 56.4 Å². The van der Waals surface area contributed by atoms with Gasteiger partial charge in [0, 0.05) is 23.8 Å². The molecule has 0 aliphatic heterocycles. The summed E-state index contributed by atoms with van der Waals surface area (Å²) in [5, 5.41) is 16.9. The Balaban J connectivity index is 2.56. The number of aryl methyl sites for hydroxylation is 1. The third-order valence-electron chi connectivity index (χ3n) is 2.33. The van der Waals surface area contributed by atoms with E-state index in [0.29, 0.717) is 16.8 Å². The molecule has 2 aromatic rings. The average molecular weight is 231 g/mol. The number of non-ortho nitro benzene ring substituents is 1. The zero-order chi connectivity index (χ0) is 12.4. The van der Waals surface area contributed by atoms with Gasteiger partial charge < -0.3 is 0 Å². The smallest absolute Gasteiger partial charge is 0.268 e. The van der Waals surface area contributed by atoms with Crippen molar-refractivity contribution in [2.24, 2.45) is 0 Å². The van der Waals surface area contributed by atoms with E-state index < -0.39 is 4.92 Å². The largest absolute Gasteiger partial charge is 0.270 e. The molecule has 0 aliphatic rings. The molecule has 1 N–H and O–H groups in total. The van der Waals surface area contributed by atoms with Crippen LogP contribution in [0.3, 0.4) is 0 Å². The maximum absolute atomic E-state index is 11.0. The molecule has 1 aromatic heterocycles. The fourth-order valence-electron chi connectivity index (χ4n) is 1.56. The Morgan fingerprint density at radius 3 is 2.76 bits per heavy atom. The summed E-state index contributed by atoms with van der Waals surface area (Å²) in [5.41, 5.74) is 1.52. The molecule has 6 nitrogen and oxygen atoms in total. The van der Waals surface area contributed by atoms with E-state index in [1.165, 1.54) is 18.2 Å². The summed E-state index contributed by atoms with van der Waals surface area (Å²) in [6, 6.07) is 7.53. The first-order valence-corrected chi connectivity index (χ1v) is 4.89. The Kier molecular flexibility index (Phi) is 2.70. The first kappa shape index (κ1) is 11.0. The van der Waals surface area contributed by atoms with E-state index in [1.54, 1.807) is 19.1 Å². The van der Waals surface area contributed by atoms with Crippen LogP contribution in [0.4, 0.5) is 5.69 Å². The van der Waals surface area contributed by atoms with Crippen molar-refractivity contribution in [2.45, 2.75) is 6.92 Å². The van der Waals surface area contributed by atoms with E-state index in [1.807, 2.05) is 0 Å². The summed E-state index contributed by atoms with van der Waals surface area (Å²) in [7, 11) is 0. The Hall–Kier alpha value is -2.50. The second-order valence-electron chi connectivity index (χ2n) is 3.57. The van der Waals surface area contributed by atoms with Gasteiger partial charge in [-0.15, -0.1) is 0 Å². The number of nitrogens with zero attached hydrogens (tertiary/aromatic N) is 2. The number of aromatic nitrogens is 2. The molecule has 0 radical (unpaired) electrons. The first-order valence-electron chi connectivity index (χ1n) is 4.89. The van der Waals surface area contributed by atoms with Crippen LogP contribution in [-0.2, 0) is 0 Å². The van der Waals surface area contributed by atoms with Crippen LogP contribution >= 0.6 is 0 Å². The first-order chi connectivity index (χ1) is 8.08. The Morgan fingerprint density at radius 2 is 2.12 bits per heavy atom. The third kappa shape index (κ3) is 2.20. The number of nitro benzene ring substituents is 1. The summed E-state index contributed by atoms with van der Waals surface area (Å²) < 4.78 is 0. The number of benzene rings is 1. The molecule has 2 rings (SSSR count). The van der Waals surface area contributed by atoms with Crippen LogP contribution < -0.4 is 5.56 Å². The van der Waals surface area contributed by atoms with Crippen molar-refractivity contribution in [3.63, 3.8) is 0 Å². The minimum atomic E-state index is -0.468. The summed E-state index contributed by atoms with van der Waals surface area (Å²) in [6.45, 7) is 1.73. The van der Waals surface area contributed by atoms with Crippen molar-refractivity contribution in [1.29, 1.82) is 0 Å². The van der Waals surface area contributed by atoms with E-state index in [9.17, 15) is 14.9 Å². The highest BCUT2D eigenvalue weighted by Gasteiger charge is 2.10. The summed E-state index contributed by atoms with van der Waals surface area (Å²) in [6.07, 6.45) is 0. The second-order valence-corrected chi connectivity index (χ2v) is 3.57. The highest BCUT2D eigenvalue weighted by atomic mass is 16.6. The number of aromatic amines is 1. The molecule has 1 heterocycles. The summed E-state index contributed by atoms with van der Waals surface area (Å²) in [5.74, 6) is 0. The minimum Gasteiger partial charge on any atom is -0.268 e. The van der Waals surface area contributed by atoms with Gasteiger partial charge in [0.1, 0.15) is 0 Å². The fraction of sp³-hybridized carbons (Fsp3) is 0.0909. The molecule has 0 atom stereocenters. The summed E-state index contributed by atoms with van der Waals surface area (Å²) in [4.78, 5) is 21.2. The highest BCUT2D eigenvalue weighted by Crippen LogP contribution is 2.23. The lowest BCUT2D eigenvalue weighted by Gasteiger charge is -2.03. The molecule has 1 aromatic carbocycles. The zero-order valence-corrected chi connectivity index (χ0v) is 9.01. The average Bonchev–Trinajstić information content (AvgIpc) is 2.29. The summed E-state index contributed by atoms with van der Waals surface area (Å²) >= 11 is 0. The lowest BCUT2D eigenvalue weighted by atomic mass is 10.1. The van der Waals surface area contributed by atoms with E-state index in [4.69, 9.17) is 0 Å². The molecular formula is C11H9N3O3. The molecule has 0 unspecified atom stereocenters. The van der Waals surface area contributed by atoms with Crippen LogP contribution in [-0.4, -0.2) is 15.1 Å². The molecule has 0 fully saturated rings. The molecule has 17 heavy (non-hydrogen) atoms. The number of H-pyrrole nitrogens is 1.